The van der Waals surface area contributed by atoms with Gasteiger partial charge in [-0.15, -0.1) is 0 Å². The molecule has 3 aliphatic rings. The van der Waals surface area contributed by atoms with Crippen LogP contribution in [0.1, 0.15) is 31.2 Å². The van der Waals surface area contributed by atoms with Gasteiger partial charge >= 0.3 is 6.18 Å². The molecule has 6 rings (SSSR count). The predicted molar refractivity (Wildman–Crippen MR) is 141 cm³/mol. The Balaban J connectivity index is 1.06. The highest BCUT2D eigenvalue weighted by molar-refractivity contribution is 7.92. The molecule has 0 atom stereocenters. The van der Waals surface area contributed by atoms with Crippen molar-refractivity contribution in [1.29, 1.82) is 0 Å². The van der Waals surface area contributed by atoms with E-state index >= 15 is 0 Å². The fourth-order valence-electron chi connectivity index (χ4n) is 5.67. The molecule has 0 bridgehead atoms. The van der Waals surface area contributed by atoms with Gasteiger partial charge in [0, 0.05) is 31.5 Å². The van der Waals surface area contributed by atoms with E-state index in [1.54, 1.807) is 18.3 Å². The van der Waals surface area contributed by atoms with E-state index in [0.29, 0.717) is 41.8 Å². The summed E-state index contributed by atoms with van der Waals surface area (Å²) in [5, 5.41) is 2.64. The number of rotatable bonds is 6. The smallest absolute Gasteiger partial charge is 0.380 e. The number of pyridine rings is 2. The van der Waals surface area contributed by atoms with Gasteiger partial charge in [-0.25, -0.2) is 18.4 Å². The standard InChI is InChI=1S/C28H29F3N4O3S/c29-28(30,31)21-3-10-25(33-14-21)34-22-4-8-24(9-5-22)39(36,37)23-6-1-19(2-7-23)20-11-12-32-26(13-20)35-15-27(16-35)17-38-18-27/h1-3,6-7,10-14,22,24H,4-5,8-9,15-18H2,(H,33,34)/t22-,24-. The van der Waals surface area contributed by atoms with E-state index in [4.69, 9.17) is 4.74 Å². The lowest BCUT2D eigenvalue weighted by Crippen LogP contribution is -2.66. The number of hydrogen-bond acceptors (Lipinski definition) is 7. The van der Waals surface area contributed by atoms with E-state index in [2.05, 4.69) is 20.2 Å². The van der Waals surface area contributed by atoms with Crippen LogP contribution < -0.4 is 10.2 Å². The summed E-state index contributed by atoms with van der Waals surface area (Å²) in [6.45, 7) is 3.51. The molecule has 206 valence electrons. The predicted octanol–water partition coefficient (Wildman–Crippen LogP) is 5.20. The Kier molecular flexibility index (Phi) is 6.53. The molecule has 11 heteroatoms. The normalized spacial score (nSPS) is 22.7. The second-order valence-corrected chi connectivity index (χ2v) is 13.1. The van der Waals surface area contributed by atoms with Crippen LogP contribution in [-0.2, 0) is 20.8 Å². The SMILES string of the molecule is O=S(=O)(c1ccc(-c2ccnc(N3CC4(COC4)C3)c2)cc1)[C@H]1CC[C@H](Nc2ccc(C(F)(F)F)cn2)CC1. The van der Waals surface area contributed by atoms with Crippen LogP contribution in [0.15, 0.2) is 65.8 Å². The van der Waals surface area contributed by atoms with Crippen LogP contribution in [0.3, 0.4) is 0 Å². The maximum Gasteiger partial charge on any atom is 0.417 e. The molecule has 2 aromatic heterocycles. The van der Waals surface area contributed by atoms with Gasteiger partial charge < -0.3 is 15.0 Å². The maximum absolute atomic E-state index is 13.4. The van der Waals surface area contributed by atoms with Gasteiger partial charge in [0.2, 0.25) is 0 Å². The van der Waals surface area contributed by atoms with Crippen LogP contribution in [0.2, 0.25) is 0 Å². The Morgan fingerprint density at radius 1 is 0.923 bits per heavy atom. The van der Waals surface area contributed by atoms with Crippen molar-refractivity contribution < 1.29 is 26.3 Å². The summed E-state index contributed by atoms with van der Waals surface area (Å²) in [5.41, 5.74) is 1.41. The van der Waals surface area contributed by atoms with Crippen molar-refractivity contribution in [1.82, 2.24) is 9.97 Å². The molecule has 1 spiro atoms. The fraction of sp³-hybridized carbons (Fsp3) is 0.429. The lowest BCUT2D eigenvalue weighted by Gasteiger charge is -2.55. The number of nitrogens with zero attached hydrogens (tertiary/aromatic N) is 3. The molecular formula is C28H29F3N4O3S. The van der Waals surface area contributed by atoms with Gasteiger partial charge in [0.1, 0.15) is 11.6 Å². The van der Waals surface area contributed by atoms with Crippen LogP contribution in [0, 0.1) is 5.41 Å². The molecule has 0 radical (unpaired) electrons. The molecule has 1 aliphatic carbocycles. The number of nitrogens with one attached hydrogen (secondary N) is 1. The van der Waals surface area contributed by atoms with Crippen LogP contribution in [-0.4, -0.2) is 56.0 Å². The van der Waals surface area contributed by atoms with E-state index in [1.807, 2.05) is 24.3 Å². The molecule has 1 aromatic carbocycles. The number of halogens is 3. The number of sulfone groups is 1. The fourth-order valence-corrected chi connectivity index (χ4v) is 7.47. The second-order valence-electron chi connectivity index (χ2n) is 10.9. The molecule has 2 aliphatic heterocycles. The van der Waals surface area contributed by atoms with E-state index in [0.717, 1.165) is 55.5 Å². The first-order chi connectivity index (χ1) is 18.6. The third-order valence-corrected chi connectivity index (χ3v) is 10.3. The van der Waals surface area contributed by atoms with Gasteiger partial charge in [-0.3, -0.25) is 0 Å². The molecule has 3 aromatic rings. The molecule has 39 heavy (non-hydrogen) atoms. The minimum Gasteiger partial charge on any atom is -0.380 e. The number of ether oxygens (including phenoxy) is 1. The zero-order chi connectivity index (χ0) is 27.3. The highest BCUT2D eigenvalue weighted by Crippen LogP contribution is 2.40. The number of anilines is 2. The summed E-state index contributed by atoms with van der Waals surface area (Å²) in [7, 11) is -3.51. The van der Waals surface area contributed by atoms with Gasteiger partial charge in [-0.05, 0) is 73.2 Å². The maximum atomic E-state index is 13.4. The zero-order valence-electron chi connectivity index (χ0n) is 21.2. The first-order valence-corrected chi connectivity index (χ1v) is 14.6. The summed E-state index contributed by atoms with van der Waals surface area (Å²) in [6.07, 6.45) is 0.282. The number of aromatic nitrogens is 2. The molecule has 4 heterocycles. The third-order valence-electron chi connectivity index (χ3n) is 8.01. The van der Waals surface area contributed by atoms with Crippen molar-refractivity contribution in [3.05, 3.63) is 66.5 Å². The molecule has 2 saturated heterocycles. The number of hydrogen-bond donors (Lipinski definition) is 1. The molecular weight excluding hydrogens is 529 g/mol. The Labute approximate surface area is 225 Å². The summed E-state index contributed by atoms with van der Waals surface area (Å²) < 4.78 is 70.3. The van der Waals surface area contributed by atoms with Gasteiger partial charge in [-0.2, -0.15) is 13.2 Å². The highest BCUT2D eigenvalue weighted by Gasteiger charge is 2.49. The van der Waals surface area contributed by atoms with Crippen LogP contribution in [0.25, 0.3) is 11.1 Å². The lowest BCUT2D eigenvalue weighted by molar-refractivity contribution is -0.137. The van der Waals surface area contributed by atoms with Crippen LogP contribution in [0.4, 0.5) is 24.8 Å². The Hall–Kier alpha value is -3.18. The number of benzene rings is 1. The van der Waals surface area contributed by atoms with E-state index in [9.17, 15) is 21.6 Å². The van der Waals surface area contributed by atoms with Crippen LogP contribution >= 0.6 is 0 Å². The Morgan fingerprint density at radius 2 is 1.64 bits per heavy atom. The molecule has 3 fully saturated rings. The summed E-state index contributed by atoms with van der Waals surface area (Å²) in [5.74, 6) is 1.27. The van der Waals surface area contributed by atoms with Crippen molar-refractivity contribution in [2.75, 3.05) is 36.5 Å². The third kappa shape index (κ3) is 5.21. The van der Waals surface area contributed by atoms with E-state index < -0.39 is 26.8 Å². The van der Waals surface area contributed by atoms with Crippen molar-refractivity contribution in [2.24, 2.45) is 5.41 Å². The molecule has 0 unspecified atom stereocenters. The van der Waals surface area contributed by atoms with Crippen LogP contribution in [0.5, 0.6) is 0 Å². The zero-order valence-corrected chi connectivity index (χ0v) is 22.0. The summed E-state index contributed by atoms with van der Waals surface area (Å²) >= 11 is 0. The highest BCUT2D eigenvalue weighted by atomic mass is 32.2. The van der Waals surface area contributed by atoms with Crippen molar-refractivity contribution in [3.63, 3.8) is 0 Å². The lowest BCUT2D eigenvalue weighted by atomic mass is 9.78. The topological polar surface area (TPSA) is 84.4 Å². The average Bonchev–Trinajstić information content (AvgIpc) is 2.87. The van der Waals surface area contributed by atoms with E-state index in [-0.39, 0.29) is 6.04 Å². The molecule has 0 amide bonds. The van der Waals surface area contributed by atoms with E-state index in [1.165, 1.54) is 6.07 Å². The van der Waals surface area contributed by atoms with Gasteiger partial charge in [0.15, 0.2) is 9.84 Å². The Bertz CT molecular complexity index is 1430. The summed E-state index contributed by atoms with van der Waals surface area (Å²) in [4.78, 5) is 10.9. The summed E-state index contributed by atoms with van der Waals surface area (Å²) in [6, 6.07) is 13.2. The number of alkyl halides is 3. The first-order valence-electron chi connectivity index (χ1n) is 13.0. The average molecular weight is 559 g/mol. The monoisotopic (exact) mass is 558 g/mol. The quantitative estimate of drug-likeness (QED) is 0.446. The van der Waals surface area contributed by atoms with Gasteiger partial charge in [0.25, 0.3) is 0 Å². The minimum atomic E-state index is -4.43. The van der Waals surface area contributed by atoms with Crippen molar-refractivity contribution in [2.45, 2.75) is 48.0 Å². The largest absolute Gasteiger partial charge is 0.417 e. The van der Waals surface area contributed by atoms with Crippen molar-refractivity contribution in [3.8, 4) is 11.1 Å². The van der Waals surface area contributed by atoms with Gasteiger partial charge in [0.05, 0.1) is 34.3 Å². The molecule has 7 nitrogen and oxygen atoms in total. The molecule has 1 saturated carbocycles. The second kappa shape index (κ2) is 9.78. The van der Waals surface area contributed by atoms with Gasteiger partial charge in [-0.1, -0.05) is 12.1 Å². The van der Waals surface area contributed by atoms with Crippen molar-refractivity contribution >= 4 is 21.5 Å². The molecule has 1 N–H and O–H groups in total. The minimum absolute atomic E-state index is 0.0398. The first kappa shape index (κ1) is 26.1. The Morgan fingerprint density at radius 3 is 2.23 bits per heavy atom.